The van der Waals surface area contributed by atoms with Gasteiger partial charge in [0.05, 0.1) is 5.52 Å². The van der Waals surface area contributed by atoms with Crippen LogP contribution >= 0.6 is 0 Å². The van der Waals surface area contributed by atoms with Crippen LogP contribution in [-0.2, 0) is 6.42 Å². The Morgan fingerprint density at radius 3 is 2.78 bits per heavy atom. The van der Waals surface area contributed by atoms with Crippen LogP contribution in [0, 0.1) is 0 Å². The van der Waals surface area contributed by atoms with Gasteiger partial charge in [-0.15, -0.1) is 0 Å². The van der Waals surface area contributed by atoms with Gasteiger partial charge in [0.2, 0.25) is 0 Å². The molecule has 1 N–H and O–H groups in total. The summed E-state index contributed by atoms with van der Waals surface area (Å²) < 4.78 is 5.06. The van der Waals surface area contributed by atoms with Crippen molar-refractivity contribution >= 4 is 11.1 Å². The quantitative estimate of drug-likeness (QED) is 0.854. The molecule has 0 aliphatic rings. The fourth-order valence-electron chi connectivity index (χ4n) is 2.19. The molecule has 1 heterocycles. The van der Waals surface area contributed by atoms with E-state index in [1.807, 2.05) is 12.1 Å². The molecule has 1 aromatic heterocycles. The minimum absolute atomic E-state index is 0.384. The second kappa shape index (κ2) is 5.87. The van der Waals surface area contributed by atoms with E-state index >= 15 is 0 Å². The summed E-state index contributed by atoms with van der Waals surface area (Å²) in [4.78, 5) is 16.1. The molecule has 0 bridgehead atoms. The van der Waals surface area contributed by atoms with Crippen molar-refractivity contribution in [1.29, 1.82) is 0 Å². The highest BCUT2D eigenvalue weighted by molar-refractivity contribution is 5.72. The summed E-state index contributed by atoms with van der Waals surface area (Å²) >= 11 is 0. The Balaban J connectivity index is 1.97. The van der Waals surface area contributed by atoms with E-state index in [1.54, 1.807) is 0 Å². The lowest BCUT2D eigenvalue weighted by molar-refractivity contribution is 0.300. The van der Waals surface area contributed by atoms with Crippen LogP contribution < -0.4 is 5.76 Å². The molecule has 0 unspecified atom stereocenters. The normalized spacial score (nSPS) is 11.5. The Kier molecular flexibility index (Phi) is 4.20. The predicted octanol–water partition coefficient (Wildman–Crippen LogP) is 2.40. The van der Waals surface area contributed by atoms with Gasteiger partial charge in [-0.3, -0.25) is 4.98 Å². The van der Waals surface area contributed by atoms with Crippen molar-refractivity contribution in [3.05, 3.63) is 34.3 Å². The van der Waals surface area contributed by atoms with E-state index < -0.39 is 0 Å². The molecular weight excluding hydrogens is 228 g/mol. The molecule has 0 spiro atoms. The third-order valence-electron chi connectivity index (χ3n) is 3.32. The largest absolute Gasteiger partial charge is 0.417 e. The Morgan fingerprint density at radius 2 is 2.06 bits per heavy atom. The summed E-state index contributed by atoms with van der Waals surface area (Å²) in [5.41, 5.74) is 2.64. The third-order valence-corrected chi connectivity index (χ3v) is 3.32. The molecule has 0 saturated heterocycles. The fourth-order valence-corrected chi connectivity index (χ4v) is 2.19. The highest BCUT2D eigenvalue weighted by atomic mass is 16.4. The average Bonchev–Trinajstić information content (AvgIpc) is 2.74. The first kappa shape index (κ1) is 12.9. The van der Waals surface area contributed by atoms with Crippen molar-refractivity contribution in [2.24, 2.45) is 0 Å². The van der Waals surface area contributed by atoms with Gasteiger partial charge in [-0.2, -0.15) is 0 Å². The maximum Gasteiger partial charge on any atom is 0.417 e. The lowest BCUT2D eigenvalue weighted by Gasteiger charge is -2.17. The molecule has 0 amide bonds. The SMILES string of the molecule is CCN(CC)CCCc1ccc2[nH]c(=O)oc2c1. The Hall–Kier alpha value is -1.55. The van der Waals surface area contributed by atoms with Crippen LogP contribution in [0.15, 0.2) is 27.4 Å². The second-order valence-electron chi connectivity index (χ2n) is 4.48. The van der Waals surface area contributed by atoms with Gasteiger partial charge >= 0.3 is 5.76 Å². The molecule has 0 radical (unpaired) electrons. The van der Waals surface area contributed by atoms with Crippen LogP contribution in [0.3, 0.4) is 0 Å². The van der Waals surface area contributed by atoms with Gasteiger partial charge in [0.1, 0.15) is 0 Å². The van der Waals surface area contributed by atoms with Crippen molar-refractivity contribution in [2.75, 3.05) is 19.6 Å². The van der Waals surface area contributed by atoms with Gasteiger partial charge < -0.3 is 9.32 Å². The Bertz CT molecular complexity index is 552. The van der Waals surface area contributed by atoms with E-state index in [0.717, 1.165) is 38.0 Å². The molecule has 18 heavy (non-hydrogen) atoms. The summed E-state index contributed by atoms with van der Waals surface area (Å²) in [5.74, 6) is -0.384. The van der Waals surface area contributed by atoms with Crippen LogP contribution in [0.25, 0.3) is 11.1 Å². The van der Waals surface area contributed by atoms with Gasteiger partial charge in [-0.1, -0.05) is 19.9 Å². The first-order valence-corrected chi connectivity index (χ1v) is 6.57. The molecule has 1 aromatic carbocycles. The lowest BCUT2D eigenvalue weighted by atomic mass is 10.1. The Labute approximate surface area is 107 Å². The number of aryl methyl sites for hydroxylation is 1. The van der Waals surface area contributed by atoms with Crippen LogP contribution in [0.2, 0.25) is 0 Å². The number of hydrogen-bond donors (Lipinski definition) is 1. The lowest BCUT2D eigenvalue weighted by Crippen LogP contribution is -2.24. The molecule has 2 rings (SSSR count). The van der Waals surface area contributed by atoms with E-state index in [4.69, 9.17) is 4.42 Å². The summed E-state index contributed by atoms with van der Waals surface area (Å²) in [6, 6.07) is 5.92. The number of aromatic amines is 1. The smallest absolute Gasteiger partial charge is 0.408 e. The molecule has 0 aliphatic carbocycles. The maximum absolute atomic E-state index is 11.1. The van der Waals surface area contributed by atoms with Gasteiger partial charge in [-0.25, -0.2) is 4.79 Å². The highest BCUT2D eigenvalue weighted by Crippen LogP contribution is 2.13. The number of aromatic nitrogens is 1. The summed E-state index contributed by atoms with van der Waals surface area (Å²) in [5, 5.41) is 0. The molecular formula is C14H20N2O2. The van der Waals surface area contributed by atoms with Gasteiger partial charge in [0.15, 0.2) is 5.58 Å². The molecule has 0 aliphatic heterocycles. The standard InChI is InChI=1S/C14H20N2O2/c1-3-16(4-2)9-5-6-11-7-8-12-13(10-11)18-14(17)15-12/h7-8,10H,3-6,9H2,1-2H3,(H,15,17). The first-order chi connectivity index (χ1) is 8.72. The summed E-state index contributed by atoms with van der Waals surface area (Å²) in [6.07, 6.45) is 2.14. The molecule has 0 saturated carbocycles. The zero-order valence-electron chi connectivity index (χ0n) is 11.0. The van der Waals surface area contributed by atoms with Crippen molar-refractivity contribution in [3.63, 3.8) is 0 Å². The van der Waals surface area contributed by atoms with Gasteiger partial charge in [0.25, 0.3) is 0 Å². The first-order valence-electron chi connectivity index (χ1n) is 6.57. The van der Waals surface area contributed by atoms with Crippen LogP contribution in [-0.4, -0.2) is 29.5 Å². The van der Waals surface area contributed by atoms with E-state index in [0.29, 0.717) is 5.58 Å². The second-order valence-corrected chi connectivity index (χ2v) is 4.48. The van der Waals surface area contributed by atoms with Crippen molar-refractivity contribution in [3.8, 4) is 0 Å². The molecule has 0 fully saturated rings. The summed E-state index contributed by atoms with van der Waals surface area (Å²) in [7, 11) is 0. The molecule has 98 valence electrons. The highest BCUT2D eigenvalue weighted by Gasteiger charge is 2.03. The topological polar surface area (TPSA) is 49.2 Å². The number of hydrogen-bond acceptors (Lipinski definition) is 3. The number of benzene rings is 1. The molecule has 2 aromatic rings. The zero-order chi connectivity index (χ0) is 13.0. The molecule has 4 nitrogen and oxygen atoms in total. The number of fused-ring (bicyclic) bond motifs is 1. The predicted molar refractivity (Wildman–Crippen MR) is 72.9 cm³/mol. The minimum atomic E-state index is -0.384. The third kappa shape index (κ3) is 3.01. The average molecular weight is 248 g/mol. The number of rotatable bonds is 6. The van der Waals surface area contributed by atoms with Crippen LogP contribution in [0.5, 0.6) is 0 Å². The summed E-state index contributed by atoms with van der Waals surface area (Å²) in [6.45, 7) is 7.68. The van der Waals surface area contributed by atoms with E-state index in [2.05, 4.69) is 29.8 Å². The molecule has 4 heteroatoms. The van der Waals surface area contributed by atoms with Gasteiger partial charge in [-0.05, 0) is 50.2 Å². The zero-order valence-corrected chi connectivity index (χ0v) is 11.0. The van der Waals surface area contributed by atoms with Crippen molar-refractivity contribution in [1.82, 2.24) is 9.88 Å². The fraction of sp³-hybridized carbons (Fsp3) is 0.500. The number of oxazole rings is 1. The van der Waals surface area contributed by atoms with Crippen LogP contribution in [0.4, 0.5) is 0 Å². The number of nitrogens with zero attached hydrogens (tertiary/aromatic N) is 1. The van der Waals surface area contributed by atoms with E-state index in [9.17, 15) is 4.79 Å². The maximum atomic E-state index is 11.1. The molecule has 0 atom stereocenters. The Morgan fingerprint density at radius 1 is 1.28 bits per heavy atom. The van der Waals surface area contributed by atoms with Crippen LogP contribution in [0.1, 0.15) is 25.8 Å². The monoisotopic (exact) mass is 248 g/mol. The van der Waals surface area contributed by atoms with Crippen molar-refractivity contribution < 1.29 is 4.42 Å². The van der Waals surface area contributed by atoms with E-state index in [1.165, 1.54) is 5.56 Å². The van der Waals surface area contributed by atoms with E-state index in [-0.39, 0.29) is 5.76 Å². The number of H-pyrrole nitrogens is 1. The van der Waals surface area contributed by atoms with Gasteiger partial charge in [0, 0.05) is 0 Å². The number of nitrogens with one attached hydrogen (secondary N) is 1. The van der Waals surface area contributed by atoms with Crippen molar-refractivity contribution in [2.45, 2.75) is 26.7 Å². The minimum Gasteiger partial charge on any atom is -0.408 e.